The van der Waals surface area contributed by atoms with Crippen molar-refractivity contribution in [2.45, 2.75) is 19.8 Å². The molecule has 0 bridgehead atoms. The van der Waals surface area contributed by atoms with Crippen LogP contribution in [0.1, 0.15) is 33.9 Å². The van der Waals surface area contributed by atoms with Crippen LogP contribution in [0.25, 0.3) is 10.9 Å². The average molecular weight is 371 g/mol. The van der Waals surface area contributed by atoms with Gasteiger partial charge in [-0.05, 0) is 54.8 Å². The lowest BCUT2D eigenvalue weighted by Crippen LogP contribution is -2.06. The molecule has 0 amide bonds. The van der Waals surface area contributed by atoms with Crippen LogP contribution in [0, 0.1) is 13.8 Å². The first-order valence-corrected chi connectivity index (χ1v) is 9.38. The molecule has 1 unspecified atom stereocenters. The van der Waals surface area contributed by atoms with E-state index in [0.717, 1.165) is 33.8 Å². The van der Waals surface area contributed by atoms with Crippen molar-refractivity contribution < 1.29 is 14.6 Å². The standard InChI is InChI=1S/C24H21NO3/c1-14-7-9-17-15(2)24(25-19(17)11-14)23(18-5-3-4-6-20(18)26)16-8-10-21-22(12-16)28-13-27-21/h3-12,23,25-26H,13H2,1-2H3. The highest BCUT2D eigenvalue weighted by Gasteiger charge is 2.26. The molecular weight excluding hydrogens is 350 g/mol. The van der Waals surface area contributed by atoms with Crippen LogP contribution >= 0.6 is 0 Å². The SMILES string of the molecule is Cc1ccc2c(C)c(C(c3ccc4c(c3)OCO4)c3ccccc3O)[nH]c2c1. The smallest absolute Gasteiger partial charge is 0.231 e. The molecule has 3 aromatic carbocycles. The molecular formula is C24H21NO3. The number of nitrogens with one attached hydrogen (secondary N) is 1. The molecule has 0 fully saturated rings. The van der Waals surface area contributed by atoms with E-state index >= 15 is 0 Å². The second-order valence-electron chi connectivity index (χ2n) is 7.32. The highest BCUT2D eigenvalue weighted by atomic mass is 16.7. The molecule has 0 radical (unpaired) electrons. The number of fused-ring (bicyclic) bond motifs is 2. The van der Waals surface area contributed by atoms with Gasteiger partial charge in [0.15, 0.2) is 11.5 Å². The number of hydrogen-bond acceptors (Lipinski definition) is 3. The van der Waals surface area contributed by atoms with Gasteiger partial charge in [0.25, 0.3) is 0 Å². The van der Waals surface area contributed by atoms with Crippen LogP contribution in [0.15, 0.2) is 60.7 Å². The van der Waals surface area contributed by atoms with E-state index in [1.54, 1.807) is 6.07 Å². The third kappa shape index (κ3) is 2.61. The van der Waals surface area contributed by atoms with Crippen molar-refractivity contribution in [3.8, 4) is 17.2 Å². The fourth-order valence-electron chi connectivity index (χ4n) is 4.09. The Labute approximate surface area is 163 Å². The second-order valence-corrected chi connectivity index (χ2v) is 7.32. The van der Waals surface area contributed by atoms with Crippen LogP contribution in [0.2, 0.25) is 0 Å². The summed E-state index contributed by atoms with van der Waals surface area (Å²) in [6, 6.07) is 19.9. The first-order valence-electron chi connectivity index (χ1n) is 9.38. The van der Waals surface area contributed by atoms with E-state index in [4.69, 9.17) is 9.47 Å². The van der Waals surface area contributed by atoms with Crippen LogP contribution in [0.4, 0.5) is 0 Å². The third-order valence-electron chi connectivity index (χ3n) is 5.52. The van der Waals surface area contributed by atoms with Gasteiger partial charge >= 0.3 is 0 Å². The summed E-state index contributed by atoms with van der Waals surface area (Å²) in [5, 5.41) is 11.8. The van der Waals surface area contributed by atoms with Crippen molar-refractivity contribution >= 4 is 10.9 Å². The first kappa shape index (κ1) is 16.8. The number of aryl methyl sites for hydroxylation is 2. The van der Waals surface area contributed by atoms with Gasteiger partial charge in [-0.15, -0.1) is 0 Å². The van der Waals surface area contributed by atoms with Crippen LogP contribution in [0.3, 0.4) is 0 Å². The number of H-pyrrole nitrogens is 1. The van der Waals surface area contributed by atoms with Crippen LogP contribution < -0.4 is 9.47 Å². The van der Waals surface area contributed by atoms with E-state index in [0.29, 0.717) is 0 Å². The zero-order valence-corrected chi connectivity index (χ0v) is 15.8. The molecule has 1 atom stereocenters. The lowest BCUT2D eigenvalue weighted by Gasteiger charge is -2.20. The molecule has 4 nitrogen and oxygen atoms in total. The normalized spacial score (nSPS) is 13.8. The van der Waals surface area contributed by atoms with Crippen LogP contribution in [0.5, 0.6) is 17.2 Å². The van der Waals surface area contributed by atoms with E-state index in [1.165, 1.54) is 16.5 Å². The highest BCUT2D eigenvalue weighted by Crippen LogP contribution is 2.43. The van der Waals surface area contributed by atoms with E-state index < -0.39 is 0 Å². The summed E-state index contributed by atoms with van der Waals surface area (Å²) in [6.45, 7) is 4.46. The zero-order chi connectivity index (χ0) is 19.3. The molecule has 5 rings (SSSR count). The number of aromatic amines is 1. The van der Waals surface area contributed by atoms with E-state index in [9.17, 15) is 5.11 Å². The Bertz CT molecular complexity index is 1190. The van der Waals surface area contributed by atoms with Crippen molar-refractivity contribution in [1.82, 2.24) is 4.98 Å². The molecule has 2 heterocycles. The summed E-state index contributed by atoms with van der Waals surface area (Å²) in [5.74, 6) is 1.62. The number of phenolic OH excluding ortho intramolecular Hbond substituents is 1. The van der Waals surface area contributed by atoms with Crippen LogP contribution in [-0.2, 0) is 0 Å². The summed E-state index contributed by atoms with van der Waals surface area (Å²) < 4.78 is 11.1. The van der Waals surface area contributed by atoms with E-state index in [1.807, 2.05) is 36.4 Å². The predicted molar refractivity (Wildman–Crippen MR) is 109 cm³/mol. The number of para-hydroxylation sites is 1. The minimum atomic E-state index is -0.150. The van der Waals surface area contributed by atoms with Gasteiger partial charge in [-0.1, -0.05) is 36.4 Å². The fourth-order valence-corrected chi connectivity index (χ4v) is 4.09. The molecule has 0 saturated heterocycles. The Morgan fingerprint density at radius 1 is 0.929 bits per heavy atom. The number of ether oxygens (including phenoxy) is 2. The molecule has 140 valence electrons. The molecule has 2 N–H and O–H groups in total. The monoisotopic (exact) mass is 371 g/mol. The van der Waals surface area contributed by atoms with Crippen molar-refractivity contribution in [2.24, 2.45) is 0 Å². The number of phenols is 1. The Balaban J connectivity index is 1.75. The number of hydrogen-bond donors (Lipinski definition) is 2. The van der Waals surface area contributed by atoms with E-state index in [-0.39, 0.29) is 18.5 Å². The second kappa shape index (κ2) is 6.34. The molecule has 0 aliphatic carbocycles. The summed E-state index contributed by atoms with van der Waals surface area (Å²) in [7, 11) is 0. The zero-order valence-electron chi connectivity index (χ0n) is 15.8. The Morgan fingerprint density at radius 3 is 2.61 bits per heavy atom. The van der Waals surface area contributed by atoms with Gasteiger partial charge in [-0.3, -0.25) is 0 Å². The minimum absolute atomic E-state index is 0.150. The molecule has 28 heavy (non-hydrogen) atoms. The number of aromatic nitrogens is 1. The molecule has 0 saturated carbocycles. The average Bonchev–Trinajstić information content (AvgIpc) is 3.28. The van der Waals surface area contributed by atoms with Gasteiger partial charge in [0.1, 0.15) is 5.75 Å². The molecule has 1 aliphatic heterocycles. The quantitative estimate of drug-likeness (QED) is 0.507. The first-order chi connectivity index (χ1) is 13.6. The lowest BCUT2D eigenvalue weighted by atomic mass is 9.86. The predicted octanol–water partition coefficient (Wildman–Crippen LogP) is 5.40. The lowest BCUT2D eigenvalue weighted by molar-refractivity contribution is 0.174. The van der Waals surface area contributed by atoms with Crippen molar-refractivity contribution in [1.29, 1.82) is 0 Å². The van der Waals surface area contributed by atoms with Gasteiger partial charge < -0.3 is 19.6 Å². The maximum absolute atomic E-state index is 10.6. The molecule has 1 aromatic heterocycles. The molecule has 1 aliphatic rings. The van der Waals surface area contributed by atoms with Crippen molar-refractivity contribution in [3.05, 3.63) is 88.6 Å². The summed E-state index contributed by atoms with van der Waals surface area (Å²) in [6.07, 6.45) is 0. The number of rotatable bonds is 3. The summed E-state index contributed by atoms with van der Waals surface area (Å²) in [5.41, 5.74) is 6.46. The molecule has 4 heteroatoms. The van der Waals surface area contributed by atoms with Gasteiger partial charge in [0.05, 0.1) is 5.92 Å². The Morgan fingerprint density at radius 2 is 1.75 bits per heavy atom. The molecule has 4 aromatic rings. The van der Waals surface area contributed by atoms with Gasteiger partial charge in [0.2, 0.25) is 6.79 Å². The topological polar surface area (TPSA) is 54.5 Å². The third-order valence-corrected chi connectivity index (χ3v) is 5.52. The largest absolute Gasteiger partial charge is 0.508 e. The summed E-state index contributed by atoms with van der Waals surface area (Å²) in [4.78, 5) is 3.61. The maximum atomic E-state index is 10.6. The van der Waals surface area contributed by atoms with Crippen LogP contribution in [-0.4, -0.2) is 16.9 Å². The Kier molecular flexibility index (Phi) is 3.79. The molecule has 0 spiro atoms. The minimum Gasteiger partial charge on any atom is -0.508 e. The maximum Gasteiger partial charge on any atom is 0.231 e. The Hall–Kier alpha value is -3.40. The van der Waals surface area contributed by atoms with Gasteiger partial charge in [-0.2, -0.15) is 0 Å². The van der Waals surface area contributed by atoms with Crippen molar-refractivity contribution in [2.75, 3.05) is 6.79 Å². The summed E-state index contributed by atoms with van der Waals surface area (Å²) >= 11 is 0. The van der Waals surface area contributed by atoms with E-state index in [2.05, 4.69) is 37.0 Å². The highest BCUT2D eigenvalue weighted by molar-refractivity contribution is 5.85. The van der Waals surface area contributed by atoms with Gasteiger partial charge in [0, 0.05) is 22.2 Å². The van der Waals surface area contributed by atoms with Crippen molar-refractivity contribution in [3.63, 3.8) is 0 Å². The van der Waals surface area contributed by atoms with Gasteiger partial charge in [-0.25, -0.2) is 0 Å². The number of aromatic hydroxyl groups is 1. The number of benzene rings is 3. The fraction of sp³-hybridized carbons (Fsp3) is 0.167.